The van der Waals surface area contributed by atoms with Crippen molar-refractivity contribution in [2.75, 3.05) is 19.0 Å². The van der Waals surface area contributed by atoms with Crippen molar-refractivity contribution in [3.05, 3.63) is 56.9 Å². The van der Waals surface area contributed by atoms with Gasteiger partial charge in [-0.05, 0) is 71.3 Å². The predicted octanol–water partition coefficient (Wildman–Crippen LogP) is 6.05. The Labute approximate surface area is 160 Å². The molecule has 1 heterocycles. The molecular weight excluding hydrogens is 407 g/mol. The van der Waals surface area contributed by atoms with Crippen LogP contribution in [0.2, 0.25) is 0 Å². The number of hydrogen-bond acceptors (Lipinski definition) is 2. The molecule has 3 heteroatoms. The number of aryl methyl sites for hydroxylation is 1. The summed E-state index contributed by atoms with van der Waals surface area (Å²) in [6, 6.07) is 12.9. The van der Waals surface area contributed by atoms with Gasteiger partial charge in [-0.1, -0.05) is 44.4 Å². The molecule has 1 aromatic carbocycles. The summed E-state index contributed by atoms with van der Waals surface area (Å²) in [5.41, 5.74) is 4.69. The maximum Gasteiger partial charge on any atom is 0.0633 e. The molecule has 0 N–H and O–H groups in total. The SMILES string of the molecule is CCCCCCc1cccc(/C=C/c2ccc(N(C)C)c(I)c2)n1. The number of nitrogens with zero attached hydrogens (tertiary/aromatic N) is 2. The summed E-state index contributed by atoms with van der Waals surface area (Å²) in [6.07, 6.45) is 10.5. The van der Waals surface area contributed by atoms with Crippen molar-refractivity contribution >= 4 is 40.4 Å². The normalized spacial score (nSPS) is 11.2. The number of rotatable bonds is 8. The average Bonchev–Trinajstić information content (AvgIpc) is 2.57. The second-order valence-corrected chi connectivity index (χ2v) is 7.47. The summed E-state index contributed by atoms with van der Waals surface area (Å²) in [7, 11) is 4.14. The van der Waals surface area contributed by atoms with Crippen molar-refractivity contribution in [2.45, 2.75) is 39.0 Å². The second kappa shape index (κ2) is 9.82. The van der Waals surface area contributed by atoms with E-state index in [9.17, 15) is 0 Å². The van der Waals surface area contributed by atoms with Gasteiger partial charge < -0.3 is 4.90 Å². The summed E-state index contributed by atoms with van der Waals surface area (Å²) in [4.78, 5) is 6.89. The predicted molar refractivity (Wildman–Crippen MR) is 114 cm³/mol. The maximum absolute atomic E-state index is 4.76. The van der Waals surface area contributed by atoms with Gasteiger partial charge in [0.15, 0.2) is 0 Å². The zero-order valence-corrected chi connectivity index (χ0v) is 17.1. The van der Waals surface area contributed by atoms with Crippen LogP contribution in [0.5, 0.6) is 0 Å². The summed E-state index contributed by atoms with van der Waals surface area (Å²) < 4.78 is 1.26. The van der Waals surface area contributed by atoms with E-state index in [2.05, 4.69) is 97.1 Å². The van der Waals surface area contributed by atoms with E-state index in [0.29, 0.717) is 0 Å². The molecular formula is C21H27IN2. The smallest absolute Gasteiger partial charge is 0.0633 e. The van der Waals surface area contributed by atoms with Crippen molar-refractivity contribution in [2.24, 2.45) is 0 Å². The van der Waals surface area contributed by atoms with Crippen LogP contribution in [0.3, 0.4) is 0 Å². The number of halogens is 1. The lowest BCUT2D eigenvalue weighted by molar-refractivity contribution is 0.660. The maximum atomic E-state index is 4.76. The molecule has 0 amide bonds. The van der Waals surface area contributed by atoms with Gasteiger partial charge in [0.05, 0.1) is 5.69 Å². The van der Waals surface area contributed by atoms with Gasteiger partial charge in [0.25, 0.3) is 0 Å². The highest BCUT2D eigenvalue weighted by Crippen LogP contribution is 2.23. The number of hydrogen-bond donors (Lipinski definition) is 0. The Morgan fingerprint density at radius 2 is 1.88 bits per heavy atom. The minimum absolute atomic E-state index is 1.04. The van der Waals surface area contributed by atoms with Crippen LogP contribution in [0.4, 0.5) is 5.69 Å². The van der Waals surface area contributed by atoms with Gasteiger partial charge in [0.2, 0.25) is 0 Å². The quantitative estimate of drug-likeness (QED) is 0.372. The molecule has 0 aliphatic heterocycles. The summed E-state index contributed by atoms with van der Waals surface area (Å²) in [6.45, 7) is 2.25. The van der Waals surface area contributed by atoms with Crippen molar-refractivity contribution in [3.8, 4) is 0 Å². The average molecular weight is 434 g/mol. The molecule has 128 valence electrons. The van der Waals surface area contributed by atoms with Crippen molar-refractivity contribution in [3.63, 3.8) is 0 Å². The summed E-state index contributed by atoms with van der Waals surface area (Å²) in [5.74, 6) is 0. The zero-order valence-electron chi connectivity index (χ0n) is 14.9. The van der Waals surface area contributed by atoms with E-state index < -0.39 is 0 Å². The van der Waals surface area contributed by atoms with E-state index in [0.717, 1.165) is 12.1 Å². The van der Waals surface area contributed by atoms with Crippen LogP contribution >= 0.6 is 22.6 Å². The molecule has 0 spiro atoms. The topological polar surface area (TPSA) is 16.1 Å². The number of anilines is 1. The van der Waals surface area contributed by atoms with Gasteiger partial charge in [-0.3, -0.25) is 4.98 Å². The van der Waals surface area contributed by atoms with Gasteiger partial charge in [-0.15, -0.1) is 0 Å². The van der Waals surface area contributed by atoms with Crippen molar-refractivity contribution in [1.82, 2.24) is 4.98 Å². The zero-order chi connectivity index (χ0) is 17.4. The monoisotopic (exact) mass is 434 g/mol. The van der Waals surface area contributed by atoms with E-state index in [1.807, 2.05) is 0 Å². The fourth-order valence-corrected chi connectivity index (χ4v) is 3.66. The Bertz CT molecular complexity index is 677. The van der Waals surface area contributed by atoms with Crippen LogP contribution in [-0.2, 0) is 6.42 Å². The molecule has 0 atom stereocenters. The third-order valence-electron chi connectivity index (χ3n) is 4.01. The standard InChI is InChI=1S/C21H27IN2/c1-4-5-6-7-9-18-10-8-11-19(23-18)14-12-17-13-15-21(24(2)3)20(22)16-17/h8,10-16H,4-7,9H2,1-3H3/b14-12+. The summed E-state index contributed by atoms with van der Waals surface area (Å²) in [5, 5.41) is 0. The van der Waals surface area contributed by atoms with Crippen LogP contribution in [0.15, 0.2) is 36.4 Å². The minimum Gasteiger partial charge on any atom is -0.377 e. The van der Waals surface area contributed by atoms with Crippen molar-refractivity contribution < 1.29 is 0 Å². The highest BCUT2D eigenvalue weighted by atomic mass is 127. The number of pyridine rings is 1. The molecule has 2 aromatic rings. The molecule has 24 heavy (non-hydrogen) atoms. The first kappa shape index (κ1) is 19.0. The Hall–Kier alpha value is -1.36. The van der Waals surface area contributed by atoms with Gasteiger partial charge in [0, 0.05) is 29.0 Å². The molecule has 2 rings (SSSR count). The fraction of sp³-hybridized carbons (Fsp3) is 0.381. The Kier molecular flexibility index (Phi) is 7.76. The number of unbranched alkanes of at least 4 members (excludes halogenated alkanes) is 3. The van der Waals surface area contributed by atoms with Gasteiger partial charge >= 0.3 is 0 Å². The van der Waals surface area contributed by atoms with Gasteiger partial charge in [0.1, 0.15) is 0 Å². The molecule has 0 radical (unpaired) electrons. The molecule has 0 aliphatic carbocycles. The third-order valence-corrected chi connectivity index (χ3v) is 4.88. The third kappa shape index (κ3) is 5.93. The van der Waals surface area contributed by atoms with E-state index in [-0.39, 0.29) is 0 Å². The first-order chi connectivity index (χ1) is 11.6. The Balaban J connectivity index is 2.02. The van der Waals surface area contributed by atoms with Gasteiger partial charge in [-0.25, -0.2) is 0 Å². The highest BCUT2D eigenvalue weighted by Gasteiger charge is 2.02. The molecule has 0 saturated heterocycles. The molecule has 0 aliphatic rings. The Morgan fingerprint density at radius 1 is 1.04 bits per heavy atom. The van der Waals surface area contributed by atoms with Crippen LogP contribution < -0.4 is 4.90 Å². The van der Waals surface area contributed by atoms with E-state index in [1.165, 1.54) is 46.2 Å². The molecule has 0 unspecified atom stereocenters. The van der Waals surface area contributed by atoms with Crippen LogP contribution in [-0.4, -0.2) is 19.1 Å². The number of aromatic nitrogens is 1. The first-order valence-corrected chi connectivity index (χ1v) is 9.79. The number of benzene rings is 1. The highest BCUT2D eigenvalue weighted by molar-refractivity contribution is 14.1. The molecule has 0 bridgehead atoms. The molecule has 2 nitrogen and oxygen atoms in total. The molecule has 0 fully saturated rings. The van der Waals surface area contributed by atoms with E-state index in [1.54, 1.807) is 0 Å². The van der Waals surface area contributed by atoms with E-state index >= 15 is 0 Å². The lowest BCUT2D eigenvalue weighted by Crippen LogP contribution is -2.10. The van der Waals surface area contributed by atoms with E-state index in [4.69, 9.17) is 4.98 Å². The lowest BCUT2D eigenvalue weighted by atomic mass is 10.1. The largest absolute Gasteiger partial charge is 0.377 e. The van der Waals surface area contributed by atoms with Crippen molar-refractivity contribution in [1.29, 1.82) is 0 Å². The van der Waals surface area contributed by atoms with Crippen LogP contribution in [0.25, 0.3) is 12.2 Å². The Morgan fingerprint density at radius 3 is 2.58 bits per heavy atom. The van der Waals surface area contributed by atoms with Crippen LogP contribution in [0.1, 0.15) is 49.6 Å². The summed E-state index contributed by atoms with van der Waals surface area (Å²) >= 11 is 2.39. The lowest BCUT2D eigenvalue weighted by Gasteiger charge is -2.14. The molecule has 0 saturated carbocycles. The van der Waals surface area contributed by atoms with Gasteiger partial charge in [-0.2, -0.15) is 0 Å². The first-order valence-electron chi connectivity index (χ1n) is 8.71. The second-order valence-electron chi connectivity index (χ2n) is 6.30. The molecule has 1 aromatic heterocycles. The van der Waals surface area contributed by atoms with Crippen LogP contribution in [0, 0.1) is 3.57 Å². The fourth-order valence-electron chi connectivity index (χ4n) is 2.63. The minimum atomic E-state index is 1.04.